The molecule has 0 aromatic heterocycles. The van der Waals surface area contributed by atoms with Crippen LogP contribution in [0.2, 0.25) is 10.0 Å². The molecule has 0 fully saturated rings. The van der Waals surface area contributed by atoms with E-state index in [9.17, 15) is 14.4 Å². The Morgan fingerprint density at radius 2 is 1.50 bits per heavy atom. The molecule has 2 rings (SSSR count). The van der Waals surface area contributed by atoms with Crippen LogP contribution in [0, 0.1) is 0 Å². The summed E-state index contributed by atoms with van der Waals surface area (Å²) in [5.41, 5.74) is 0.912. The first kappa shape index (κ1) is 17.8. The van der Waals surface area contributed by atoms with Gasteiger partial charge in [-0.3, -0.25) is 14.4 Å². The fourth-order valence-electron chi connectivity index (χ4n) is 1.73. The molecular formula is C16H13Cl2N3O3. The zero-order chi connectivity index (χ0) is 17.5. The van der Waals surface area contributed by atoms with Gasteiger partial charge in [0.05, 0.1) is 16.6 Å². The highest BCUT2D eigenvalue weighted by atomic mass is 35.5. The second-order valence-corrected chi connectivity index (χ2v) is 5.49. The molecule has 0 spiro atoms. The molecule has 0 atom stereocenters. The molecule has 0 heterocycles. The minimum absolute atomic E-state index is 0.292. The molecular weight excluding hydrogens is 353 g/mol. The van der Waals surface area contributed by atoms with Gasteiger partial charge in [0.2, 0.25) is 5.91 Å². The summed E-state index contributed by atoms with van der Waals surface area (Å²) in [5, 5.41) is 7.82. The van der Waals surface area contributed by atoms with Crippen molar-refractivity contribution in [2.75, 3.05) is 17.2 Å². The summed E-state index contributed by atoms with van der Waals surface area (Å²) in [7, 11) is 0. The Labute approximate surface area is 148 Å². The lowest BCUT2D eigenvalue weighted by molar-refractivity contribution is -0.136. The van der Waals surface area contributed by atoms with Gasteiger partial charge in [0, 0.05) is 11.4 Å². The maximum Gasteiger partial charge on any atom is 0.313 e. The molecule has 0 aliphatic carbocycles. The van der Waals surface area contributed by atoms with Crippen LogP contribution < -0.4 is 16.0 Å². The van der Waals surface area contributed by atoms with Crippen molar-refractivity contribution in [2.45, 2.75) is 0 Å². The van der Waals surface area contributed by atoms with E-state index in [2.05, 4.69) is 16.0 Å². The van der Waals surface area contributed by atoms with E-state index in [-0.39, 0.29) is 6.54 Å². The van der Waals surface area contributed by atoms with E-state index in [1.807, 2.05) is 0 Å². The van der Waals surface area contributed by atoms with Crippen molar-refractivity contribution in [2.24, 2.45) is 0 Å². The van der Waals surface area contributed by atoms with Crippen molar-refractivity contribution < 1.29 is 14.4 Å². The summed E-state index contributed by atoms with van der Waals surface area (Å²) in [6.07, 6.45) is 0. The van der Waals surface area contributed by atoms with Crippen molar-refractivity contribution >= 4 is 52.3 Å². The molecule has 0 aliphatic rings. The van der Waals surface area contributed by atoms with Crippen molar-refractivity contribution in [1.82, 2.24) is 5.32 Å². The van der Waals surface area contributed by atoms with Crippen LogP contribution in [0.5, 0.6) is 0 Å². The molecule has 3 amide bonds. The summed E-state index contributed by atoms with van der Waals surface area (Å²) >= 11 is 11.6. The van der Waals surface area contributed by atoms with Gasteiger partial charge in [0.15, 0.2) is 0 Å². The van der Waals surface area contributed by atoms with Crippen LogP contribution >= 0.6 is 23.2 Å². The summed E-state index contributed by atoms with van der Waals surface area (Å²) < 4.78 is 0. The molecule has 0 saturated heterocycles. The van der Waals surface area contributed by atoms with Crippen LogP contribution in [0.25, 0.3) is 0 Å². The fraction of sp³-hybridized carbons (Fsp3) is 0.0625. The number of carbonyl (C=O) groups excluding carboxylic acids is 3. The number of amides is 3. The molecule has 0 bridgehead atoms. The molecule has 0 aliphatic heterocycles. The monoisotopic (exact) mass is 365 g/mol. The minimum Gasteiger partial charge on any atom is -0.339 e. The van der Waals surface area contributed by atoms with Gasteiger partial charge in [-0.1, -0.05) is 41.4 Å². The predicted octanol–water partition coefficient (Wildman–Crippen LogP) is 2.69. The smallest absolute Gasteiger partial charge is 0.313 e. The predicted molar refractivity (Wildman–Crippen MR) is 93.2 cm³/mol. The molecule has 0 saturated carbocycles. The van der Waals surface area contributed by atoms with Crippen LogP contribution in [-0.4, -0.2) is 24.3 Å². The highest BCUT2D eigenvalue weighted by molar-refractivity contribution is 6.42. The Morgan fingerprint density at radius 1 is 0.792 bits per heavy atom. The third-order valence-electron chi connectivity index (χ3n) is 2.85. The molecule has 2 aromatic carbocycles. The highest BCUT2D eigenvalue weighted by Crippen LogP contribution is 2.24. The maximum absolute atomic E-state index is 11.8. The fourth-order valence-corrected chi connectivity index (χ4v) is 2.03. The molecule has 6 nitrogen and oxygen atoms in total. The zero-order valence-electron chi connectivity index (χ0n) is 12.3. The largest absolute Gasteiger partial charge is 0.339 e. The summed E-state index contributed by atoms with van der Waals surface area (Å²) in [5.74, 6) is -2.28. The molecule has 124 valence electrons. The first-order valence-electron chi connectivity index (χ1n) is 6.85. The Kier molecular flexibility index (Phi) is 6.17. The normalized spacial score (nSPS) is 9.92. The maximum atomic E-state index is 11.8. The van der Waals surface area contributed by atoms with Gasteiger partial charge < -0.3 is 16.0 Å². The van der Waals surface area contributed by atoms with Crippen molar-refractivity contribution in [3.63, 3.8) is 0 Å². The number of rotatable bonds is 4. The Balaban J connectivity index is 1.81. The standard InChI is InChI=1S/C16H13Cl2N3O3/c17-12-7-6-11(8-13(12)18)20-14(22)9-19-15(23)16(24)21-10-4-2-1-3-5-10/h1-8H,9H2,(H,19,23)(H,20,22)(H,21,24). The van der Waals surface area contributed by atoms with Gasteiger partial charge in [-0.05, 0) is 30.3 Å². The van der Waals surface area contributed by atoms with Gasteiger partial charge in [-0.2, -0.15) is 0 Å². The summed E-state index contributed by atoms with van der Waals surface area (Å²) in [6, 6.07) is 13.1. The second kappa shape index (κ2) is 8.33. The van der Waals surface area contributed by atoms with Gasteiger partial charge in [-0.15, -0.1) is 0 Å². The van der Waals surface area contributed by atoms with Crippen LogP contribution in [0.1, 0.15) is 0 Å². The second-order valence-electron chi connectivity index (χ2n) is 4.68. The van der Waals surface area contributed by atoms with Crippen LogP contribution in [-0.2, 0) is 14.4 Å². The number of hydrogen-bond donors (Lipinski definition) is 3. The third kappa shape index (κ3) is 5.26. The third-order valence-corrected chi connectivity index (χ3v) is 3.59. The average Bonchev–Trinajstić information content (AvgIpc) is 2.57. The molecule has 3 N–H and O–H groups in total. The lowest BCUT2D eigenvalue weighted by Gasteiger charge is -2.08. The highest BCUT2D eigenvalue weighted by Gasteiger charge is 2.14. The van der Waals surface area contributed by atoms with Gasteiger partial charge in [0.1, 0.15) is 0 Å². The van der Waals surface area contributed by atoms with Crippen molar-refractivity contribution in [3.05, 3.63) is 58.6 Å². The molecule has 0 unspecified atom stereocenters. The van der Waals surface area contributed by atoms with Crippen molar-refractivity contribution in [3.8, 4) is 0 Å². The van der Waals surface area contributed by atoms with E-state index in [0.29, 0.717) is 21.4 Å². The minimum atomic E-state index is -0.914. The van der Waals surface area contributed by atoms with E-state index >= 15 is 0 Å². The van der Waals surface area contributed by atoms with E-state index in [4.69, 9.17) is 23.2 Å². The van der Waals surface area contributed by atoms with Crippen LogP contribution in [0.15, 0.2) is 48.5 Å². The van der Waals surface area contributed by atoms with Gasteiger partial charge in [0.25, 0.3) is 0 Å². The number of carbonyl (C=O) groups is 3. The zero-order valence-corrected chi connectivity index (χ0v) is 13.8. The van der Waals surface area contributed by atoms with Gasteiger partial charge >= 0.3 is 11.8 Å². The van der Waals surface area contributed by atoms with Gasteiger partial charge in [-0.25, -0.2) is 0 Å². The number of para-hydroxylation sites is 1. The first-order chi connectivity index (χ1) is 11.5. The van der Waals surface area contributed by atoms with Crippen molar-refractivity contribution in [1.29, 1.82) is 0 Å². The number of halogens is 2. The summed E-state index contributed by atoms with van der Waals surface area (Å²) in [6.45, 7) is -0.360. The number of nitrogens with one attached hydrogen (secondary N) is 3. The molecule has 8 heteroatoms. The number of hydrogen-bond acceptors (Lipinski definition) is 3. The molecule has 2 aromatic rings. The Morgan fingerprint density at radius 3 is 2.17 bits per heavy atom. The SMILES string of the molecule is O=C(CNC(=O)C(=O)Nc1ccccc1)Nc1ccc(Cl)c(Cl)c1. The topological polar surface area (TPSA) is 87.3 Å². The lowest BCUT2D eigenvalue weighted by atomic mass is 10.3. The molecule has 24 heavy (non-hydrogen) atoms. The first-order valence-corrected chi connectivity index (χ1v) is 7.60. The van der Waals surface area contributed by atoms with E-state index in [1.54, 1.807) is 36.4 Å². The lowest BCUT2D eigenvalue weighted by Crippen LogP contribution is -2.39. The van der Waals surface area contributed by atoms with E-state index < -0.39 is 17.7 Å². The number of benzene rings is 2. The van der Waals surface area contributed by atoms with E-state index in [0.717, 1.165) is 0 Å². The summed E-state index contributed by atoms with van der Waals surface area (Å²) in [4.78, 5) is 35.1. The average molecular weight is 366 g/mol. The van der Waals surface area contributed by atoms with Crippen LogP contribution in [0.3, 0.4) is 0 Å². The number of anilines is 2. The van der Waals surface area contributed by atoms with Crippen LogP contribution in [0.4, 0.5) is 11.4 Å². The van der Waals surface area contributed by atoms with E-state index in [1.165, 1.54) is 12.1 Å². The Bertz CT molecular complexity index is 766. The molecule has 0 radical (unpaired) electrons. The quantitative estimate of drug-likeness (QED) is 0.727. The Hall–Kier alpha value is -2.57.